The molecule has 3 aromatic carbocycles. The number of rotatable bonds is 3. The van der Waals surface area contributed by atoms with Crippen LogP contribution >= 0.6 is 11.6 Å². The minimum atomic E-state index is 0.836. The van der Waals surface area contributed by atoms with Crippen molar-refractivity contribution in [2.45, 2.75) is 6.42 Å². The predicted octanol–water partition coefficient (Wildman–Crippen LogP) is 5.80. The summed E-state index contributed by atoms with van der Waals surface area (Å²) < 4.78 is 5.03. The second kappa shape index (κ2) is 11.9. The fourth-order valence-electron chi connectivity index (χ4n) is 2.76. The van der Waals surface area contributed by atoms with Gasteiger partial charge in [-0.05, 0) is 66.6 Å². The van der Waals surface area contributed by atoms with Crippen molar-refractivity contribution >= 4 is 28.7 Å². The monoisotopic (exact) mass is 411 g/mol. The van der Waals surface area contributed by atoms with Crippen molar-refractivity contribution in [1.29, 1.82) is 0 Å². The third-order valence-electron chi connectivity index (χ3n) is 4.43. The fourth-order valence-corrected chi connectivity index (χ4v) is 2.95. The first-order chi connectivity index (χ1) is 14.0. The Kier molecular flexibility index (Phi) is 9.19. The Morgan fingerprint density at radius 3 is 2.21 bits per heavy atom. The zero-order valence-electron chi connectivity index (χ0n) is 17.6. The molecule has 3 aromatic rings. The molecule has 5 heteroatoms. The summed E-state index contributed by atoms with van der Waals surface area (Å²) in [5.41, 5.74) is 4.93. The van der Waals surface area contributed by atoms with Crippen molar-refractivity contribution in [3.63, 3.8) is 0 Å². The maximum absolute atomic E-state index is 5.80. The molecule has 2 N–H and O–H groups in total. The van der Waals surface area contributed by atoms with E-state index in [0.29, 0.717) is 0 Å². The van der Waals surface area contributed by atoms with Gasteiger partial charge in [-0.2, -0.15) is 0 Å². The predicted molar refractivity (Wildman–Crippen MR) is 127 cm³/mol. The number of fused-ring (bicyclic) bond motifs is 1. The zero-order valence-corrected chi connectivity index (χ0v) is 18.3. The molecule has 4 nitrogen and oxygen atoms in total. The second-order valence-corrected chi connectivity index (χ2v) is 7.12. The van der Waals surface area contributed by atoms with Crippen LogP contribution in [0.15, 0.2) is 72.8 Å². The standard InChI is InChI=1S/C9H13NO.C8H8ClN.C7H9N/c1-10(2)8-4-6-9(11-3)7-5-8;9-7-1-2-8-6(5-7)3-4-10-8;1-8-7-5-3-2-4-6-7/h4-7H,1-3H3;1-2,5,10H,3-4H2;2-6,8H,1H3. The molecule has 29 heavy (non-hydrogen) atoms. The van der Waals surface area contributed by atoms with Crippen LogP contribution in [0.4, 0.5) is 17.1 Å². The number of anilines is 3. The Hall–Kier alpha value is -2.85. The summed E-state index contributed by atoms with van der Waals surface area (Å²) in [6.45, 7) is 1.05. The molecule has 154 valence electrons. The zero-order chi connectivity index (χ0) is 21.1. The summed E-state index contributed by atoms with van der Waals surface area (Å²) in [5.74, 6) is 0.899. The van der Waals surface area contributed by atoms with Crippen LogP contribution in [0.3, 0.4) is 0 Å². The van der Waals surface area contributed by atoms with Gasteiger partial charge in [-0.15, -0.1) is 0 Å². The number of nitrogens with one attached hydrogen (secondary N) is 2. The smallest absolute Gasteiger partial charge is 0.119 e. The van der Waals surface area contributed by atoms with Gasteiger partial charge in [0, 0.05) is 49.8 Å². The lowest BCUT2D eigenvalue weighted by Crippen LogP contribution is -2.07. The molecule has 0 spiro atoms. The quantitative estimate of drug-likeness (QED) is 0.571. The first-order valence-electron chi connectivity index (χ1n) is 9.60. The van der Waals surface area contributed by atoms with Gasteiger partial charge >= 0.3 is 0 Å². The molecule has 1 heterocycles. The first-order valence-corrected chi connectivity index (χ1v) is 9.97. The highest BCUT2D eigenvalue weighted by atomic mass is 35.5. The highest BCUT2D eigenvalue weighted by Gasteiger charge is 2.08. The molecule has 0 bridgehead atoms. The summed E-state index contributed by atoms with van der Waals surface area (Å²) in [4.78, 5) is 2.06. The van der Waals surface area contributed by atoms with E-state index >= 15 is 0 Å². The third-order valence-corrected chi connectivity index (χ3v) is 4.66. The molecule has 0 amide bonds. The van der Waals surface area contributed by atoms with Crippen LogP contribution in [0, 0.1) is 0 Å². The van der Waals surface area contributed by atoms with Gasteiger partial charge in [-0.25, -0.2) is 0 Å². The average molecular weight is 412 g/mol. The van der Waals surface area contributed by atoms with E-state index in [2.05, 4.69) is 15.5 Å². The molecule has 4 rings (SSSR count). The van der Waals surface area contributed by atoms with E-state index in [1.54, 1.807) is 7.11 Å². The molecule has 0 saturated heterocycles. The topological polar surface area (TPSA) is 36.5 Å². The van der Waals surface area contributed by atoms with E-state index in [-0.39, 0.29) is 0 Å². The molecule has 0 fully saturated rings. The molecule has 0 radical (unpaired) electrons. The Bertz CT molecular complexity index is 852. The molecule has 0 unspecified atom stereocenters. The minimum Gasteiger partial charge on any atom is -0.497 e. The molecule has 0 aromatic heterocycles. The fraction of sp³-hybridized carbons (Fsp3) is 0.250. The number of hydrogen-bond donors (Lipinski definition) is 2. The number of hydrogen-bond acceptors (Lipinski definition) is 4. The van der Waals surface area contributed by atoms with Crippen molar-refractivity contribution in [1.82, 2.24) is 0 Å². The van der Waals surface area contributed by atoms with E-state index in [9.17, 15) is 0 Å². The van der Waals surface area contributed by atoms with Gasteiger partial charge in [-0.3, -0.25) is 0 Å². The highest BCUT2D eigenvalue weighted by Crippen LogP contribution is 2.24. The molecule has 0 atom stereocenters. The number of nitrogens with zero attached hydrogens (tertiary/aromatic N) is 1. The van der Waals surface area contributed by atoms with Gasteiger partial charge in [0.1, 0.15) is 5.75 Å². The van der Waals surface area contributed by atoms with Gasteiger partial charge in [-0.1, -0.05) is 29.8 Å². The molecule has 0 aliphatic carbocycles. The second-order valence-electron chi connectivity index (χ2n) is 6.69. The van der Waals surface area contributed by atoms with E-state index in [4.69, 9.17) is 16.3 Å². The van der Waals surface area contributed by atoms with Crippen LogP contribution in [0.25, 0.3) is 0 Å². The van der Waals surface area contributed by atoms with Gasteiger partial charge < -0.3 is 20.3 Å². The van der Waals surface area contributed by atoms with Crippen molar-refractivity contribution in [2.75, 3.05) is 50.3 Å². The third kappa shape index (κ3) is 7.59. The summed E-state index contributed by atoms with van der Waals surface area (Å²) in [7, 11) is 7.61. The summed E-state index contributed by atoms with van der Waals surface area (Å²) in [6, 6.07) is 24.0. The van der Waals surface area contributed by atoms with Crippen LogP contribution in [0.2, 0.25) is 5.02 Å². The van der Waals surface area contributed by atoms with Crippen molar-refractivity contribution in [3.05, 3.63) is 83.4 Å². The Labute approximate surface area is 179 Å². The van der Waals surface area contributed by atoms with E-state index in [1.807, 2.05) is 93.9 Å². The van der Waals surface area contributed by atoms with Crippen LogP contribution in [-0.2, 0) is 6.42 Å². The van der Waals surface area contributed by atoms with Gasteiger partial charge in [0.25, 0.3) is 0 Å². The van der Waals surface area contributed by atoms with Gasteiger partial charge in [0.05, 0.1) is 7.11 Å². The highest BCUT2D eigenvalue weighted by molar-refractivity contribution is 6.30. The lowest BCUT2D eigenvalue weighted by molar-refractivity contribution is 0.415. The SMILES string of the molecule is CNc1ccccc1.COc1ccc(N(C)C)cc1.Clc1ccc2c(c1)CCN2. The van der Waals surface area contributed by atoms with Crippen LogP contribution in [-0.4, -0.2) is 34.8 Å². The van der Waals surface area contributed by atoms with Crippen molar-refractivity contribution in [3.8, 4) is 5.75 Å². The van der Waals surface area contributed by atoms with Gasteiger partial charge in [0.2, 0.25) is 0 Å². The molecular formula is C24H30ClN3O. The average Bonchev–Trinajstić information content (AvgIpc) is 3.23. The number of benzene rings is 3. The van der Waals surface area contributed by atoms with Crippen LogP contribution < -0.4 is 20.3 Å². The molecular weight excluding hydrogens is 382 g/mol. The first kappa shape index (κ1) is 22.4. The van der Waals surface area contributed by atoms with Crippen LogP contribution in [0.5, 0.6) is 5.75 Å². The minimum absolute atomic E-state index is 0.836. The Morgan fingerprint density at radius 1 is 0.966 bits per heavy atom. The Balaban J connectivity index is 0.000000157. The van der Waals surface area contributed by atoms with Crippen molar-refractivity contribution < 1.29 is 4.74 Å². The largest absolute Gasteiger partial charge is 0.497 e. The number of halogens is 1. The number of methoxy groups -OCH3 is 1. The maximum atomic E-state index is 5.80. The maximum Gasteiger partial charge on any atom is 0.119 e. The summed E-state index contributed by atoms with van der Waals surface area (Å²) in [5, 5.41) is 7.13. The van der Waals surface area contributed by atoms with E-state index in [1.165, 1.54) is 16.9 Å². The molecule has 0 saturated carbocycles. The van der Waals surface area contributed by atoms with E-state index in [0.717, 1.165) is 29.4 Å². The van der Waals surface area contributed by atoms with E-state index < -0.39 is 0 Å². The molecule has 1 aliphatic heterocycles. The number of ether oxygens (including phenoxy) is 1. The van der Waals surface area contributed by atoms with Crippen LogP contribution in [0.1, 0.15) is 5.56 Å². The lowest BCUT2D eigenvalue weighted by Gasteiger charge is -2.11. The lowest BCUT2D eigenvalue weighted by atomic mass is 10.2. The van der Waals surface area contributed by atoms with Crippen molar-refractivity contribution in [2.24, 2.45) is 0 Å². The summed E-state index contributed by atoms with van der Waals surface area (Å²) >= 11 is 5.80. The number of para-hydroxylation sites is 1. The summed E-state index contributed by atoms with van der Waals surface area (Å²) in [6.07, 6.45) is 1.11. The van der Waals surface area contributed by atoms with Gasteiger partial charge in [0.15, 0.2) is 0 Å². The molecule has 1 aliphatic rings. The Morgan fingerprint density at radius 2 is 1.66 bits per heavy atom. The normalized spacial score (nSPS) is 10.9.